The molecule has 0 aliphatic rings. The Hall–Kier alpha value is -2.49. The molecule has 5 aromatic carbocycles. The average molecular weight is 477 g/mol. The minimum Gasteiger partial charge on any atom is -0.658 e. The van der Waals surface area contributed by atoms with Gasteiger partial charge in [-0.3, -0.25) is 0 Å². The summed E-state index contributed by atoms with van der Waals surface area (Å²) >= 11 is -0.556. The molecule has 31 heavy (non-hydrogen) atoms. The van der Waals surface area contributed by atoms with Crippen LogP contribution in [0.15, 0.2) is 109 Å². The Kier molecular flexibility index (Phi) is 7.50. The fourth-order valence-electron chi connectivity index (χ4n) is 3.52. The van der Waals surface area contributed by atoms with E-state index >= 15 is 0 Å². The molecule has 0 aliphatic heterocycles. The first-order valence-corrected chi connectivity index (χ1v) is 14.0. The fourth-order valence-corrected chi connectivity index (χ4v) is 3.52. The van der Waals surface area contributed by atoms with Gasteiger partial charge in [0.1, 0.15) is 0 Å². The van der Waals surface area contributed by atoms with Crippen molar-refractivity contribution in [3.05, 3.63) is 120 Å². The SMILES string of the molecule is [Cl][Ti][Cl].c1ccc([N-]c2cccc3ccccc23)c([N-]c2cccc3ccccc23)c1. The molecule has 5 rings (SSSR count). The van der Waals surface area contributed by atoms with Gasteiger partial charge >= 0.3 is 35.6 Å². The zero-order chi connectivity index (χ0) is 21.5. The molecule has 0 heterocycles. The maximum Gasteiger partial charge on any atom is -0.0196 e. The van der Waals surface area contributed by atoms with E-state index in [1.54, 1.807) is 0 Å². The van der Waals surface area contributed by atoms with Gasteiger partial charge in [0.05, 0.1) is 0 Å². The van der Waals surface area contributed by atoms with Crippen molar-refractivity contribution >= 4 is 62.9 Å². The molecule has 0 saturated carbocycles. The summed E-state index contributed by atoms with van der Waals surface area (Å²) in [6.45, 7) is 0. The number of fused-ring (bicyclic) bond motifs is 2. The number of rotatable bonds is 4. The van der Waals surface area contributed by atoms with E-state index in [-0.39, 0.29) is 0 Å². The van der Waals surface area contributed by atoms with Crippen LogP contribution in [0.2, 0.25) is 0 Å². The predicted octanol–water partition coefficient (Wildman–Crippen LogP) is 10.0. The van der Waals surface area contributed by atoms with Crippen molar-refractivity contribution < 1.29 is 17.0 Å². The van der Waals surface area contributed by atoms with Crippen molar-refractivity contribution in [3.63, 3.8) is 0 Å². The van der Waals surface area contributed by atoms with Gasteiger partial charge in [0, 0.05) is 0 Å². The van der Waals surface area contributed by atoms with Crippen molar-refractivity contribution in [2.24, 2.45) is 0 Å². The molecule has 0 fully saturated rings. The topological polar surface area (TPSA) is 28.2 Å². The molecule has 0 atom stereocenters. The van der Waals surface area contributed by atoms with E-state index in [0.717, 1.165) is 33.5 Å². The van der Waals surface area contributed by atoms with Crippen molar-refractivity contribution in [2.45, 2.75) is 0 Å². The summed E-state index contributed by atoms with van der Waals surface area (Å²) in [4.78, 5) is 0. The number of para-hydroxylation sites is 2. The molecule has 0 radical (unpaired) electrons. The second-order valence-corrected chi connectivity index (χ2v) is 9.36. The summed E-state index contributed by atoms with van der Waals surface area (Å²) in [6, 6.07) is 37.1. The number of halogens is 2. The summed E-state index contributed by atoms with van der Waals surface area (Å²) in [7, 11) is 9.78. The van der Waals surface area contributed by atoms with Crippen LogP contribution >= 0.6 is 18.6 Å². The third-order valence-electron chi connectivity index (χ3n) is 4.90. The van der Waals surface area contributed by atoms with Gasteiger partial charge in [-0.2, -0.15) is 11.4 Å². The number of hydrogen-bond acceptors (Lipinski definition) is 0. The Balaban J connectivity index is 0.000000730. The van der Waals surface area contributed by atoms with Gasteiger partial charge in [0.25, 0.3) is 0 Å². The minimum absolute atomic E-state index is 0.556. The quantitative estimate of drug-likeness (QED) is 0.231. The van der Waals surface area contributed by atoms with E-state index < -0.39 is 17.0 Å². The molecule has 0 unspecified atom stereocenters. The van der Waals surface area contributed by atoms with E-state index in [1.807, 2.05) is 48.5 Å². The van der Waals surface area contributed by atoms with Gasteiger partial charge in [-0.15, -0.1) is 11.4 Å². The molecule has 0 amide bonds. The molecule has 0 saturated heterocycles. The molecule has 2 nitrogen and oxygen atoms in total. The van der Waals surface area contributed by atoms with Crippen molar-refractivity contribution in [1.82, 2.24) is 0 Å². The Bertz CT molecular complexity index is 1200. The van der Waals surface area contributed by atoms with Gasteiger partial charge < -0.3 is 10.6 Å². The van der Waals surface area contributed by atoms with Gasteiger partial charge in [-0.05, 0) is 21.5 Å². The maximum atomic E-state index is 4.95. The van der Waals surface area contributed by atoms with Crippen molar-refractivity contribution in [1.29, 1.82) is 0 Å². The van der Waals surface area contributed by atoms with E-state index in [4.69, 9.17) is 29.2 Å². The molecule has 152 valence electrons. The third-order valence-corrected chi connectivity index (χ3v) is 4.90. The maximum absolute atomic E-state index is 4.95. The summed E-state index contributed by atoms with van der Waals surface area (Å²) in [6.07, 6.45) is 0. The van der Waals surface area contributed by atoms with Gasteiger partial charge in [0.15, 0.2) is 0 Å². The van der Waals surface area contributed by atoms with Crippen LogP contribution in [0.25, 0.3) is 32.2 Å². The Labute approximate surface area is 198 Å². The molecule has 0 bridgehead atoms. The van der Waals surface area contributed by atoms with Crippen LogP contribution in [0.1, 0.15) is 0 Å². The minimum atomic E-state index is -0.556. The second-order valence-electron chi connectivity index (χ2n) is 6.78. The van der Waals surface area contributed by atoms with Gasteiger partial charge in [0.2, 0.25) is 0 Å². The van der Waals surface area contributed by atoms with Gasteiger partial charge in [-0.1, -0.05) is 109 Å². The largest absolute Gasteiger partial charge is 0.658 e. The van der Waals surface area contributed by atoms with E-state index in [2.05, 4.69) is 60.7 Å². The van der Waals surface area contributed by atoms with Crippen LogP contribution in [0, 0.1) is 0 Å². The van der Waals surface area contributed by atoms with Crippen LogP contribution in [0.3, 0.4) is 0 Å². The smallest absolute Gasteiger partial charge is 0.0196 e. The van der Waals surface area contributed by atoms with E-state index in [0.29, 0.717) is 0 Å². The average Bonchev–Trinajstić information content (AvgIpc) is 2.81. The molecule has 0 spiro atoms. The standard InChI is InChI=1S/C26H18N2.2ClH.Ti/c1-3-13-21-19(9-1)11-7-17-23(21)27-25-15-5-6-16-26(25)28-24-18-8-12-20-10-2-4-14-22(20)24;;;/h1-18H;2*1H;/q-2;;;+2/p-2. The van der Waals surface area contributed by atoms with Crippen molar-refractivity contribution in [2.75, 3.05) is 0 Å². The zero-order valence-corrected chi connectivity index (χ0v) is 19.6. The molecule has 5 heteroatoms. The Morgan fingerprint density at radius 1 is 0.419 bits per heavy atom. The number of nitrogens with zero attached hydrogens (tertiary/aromatic N) is 2. The summed E-state index contributed by atoms with van der Waals surface area (Å²) < 4.78 is 0. The third kappa shape index (κ3) is 5.23. The first kappa shape index (κ1) is 21.7. The van der Waals surface area contributed by atoms with Gasteiger partial charge in [-0.25, -0.2) is 0 Å². The van der Waals surface area contributed by atoms with Crippen molar-refractivity contribution in [3.8, 4) is 0 Å². The Morgan fingerprint density at radius 2 is 0.742 bits per heavy atom. The van der Waals surface area contributed by atoms with Crippen LogP contribution in [0.4, 0.5) is 22.7 Å². The summed E-state index contributed by atoms with van der Waals surface area (Å²) in [5.41, 5.74) is 3.65. The monoisotopic (exact) mass is 476 g/mol. The molecular weight excluding hydrogens is 459 g/mol. The van der Waals surface area contributed by atoms with Crippen LogP contribution in [0.5, 0.6) is 0 Å². The zero-order valence-electron chi connectivity index (χ0n) is 16.5. The first-order valence-electron chi connectivity index (χ1n) is 9.74. The normalized spacial score (nSPS) is 10.3. The molecular formula is C26H18Cl2N2Ti-2. The number of benzene rings is 5. The first-order chi connectivity index (χ1) is 15.3. The predicted molar refractivity (Wildman–Crippen MR) is 131 cm³/mol. The number of hydrogen-bond donors (Lipinski definition) is 0. The summed E-state index contributed by atoms with van der Waals surface area (Å²) in [5.74, 6) is 0. The van der Waals surface area contributed by atoms with E-state index in [1.165, 1.54) is 10.8 Å². The second kappa shape index (κ2) is 10.7. The molecule has 0 aliphatic carbocycles. The van der Waals surface area contributed by atoms with Crippen LogP contribution in [-0.4, -0.2) is 0 Å². The fraction of sp³-hybridized carbons (Fsp3) is 0. The van der Waals surface area contributed by atoms with Crippen LogP contribution < -0.4 is 0 Å². The van der Waals surface area contributed by atoms with Crippen LogP contribution in [-0.2, 0) is 17.0 Å². The molecule has 0 aromatic heterocycles. The van der Waals surface area contributed by atoms with E-state index in [9.17, 15) is 0 Å². The summed E-state index contributed by atoms with van der Waals surface area (Å²) in [5, 5.41) is 14.6. The Morgan fingerprint density at radius 3 is 1.19 bits per heavy atom. The molecule has 0 N–H and O–H groups in total. The molecule has 5 aromatic rings.